The van der Waals surface area contributed by atoms with Gasteiger partial charge in [0.05, 0.1) is 16.9 Å². The van der Waals surface area contributed by atoms with E-state index in [9.17, 15) is 0 Å². The Kier molecular flexibility index (Phi) is 3.00. The lowest BCUT2D eigenvalue weighted by atomic mass is 10.7. The van der Waals surface area contributed by atoms with Crippen molar-refractivity contribution in [3.8, 4) is 12.0 Å². The third-order valence-corrected chi connectivity index (χ3v) is 2.24. The molecule has 8 heteroatoms. The molecule has 0 saturated heterocycles. The number of aromatic nitrogens is 5. The van der Waals surface area contributed by atoms with Gasteiger partial charge in [-0.3, -0.25) is 0 Å². The van der Waals surface area contributed by atoms with E-state index in [0.29, 0.717) is 5.95 Å². The molecule has 78 valence electrons. The average Bonchev–Trinajstić information content (AvgIpc) is 2.64. The first-order valence-corrected chi connectivity index (χ1v) is 5.31. The van der Waals surface area contributed by atoms with E-state index < -0.39 is 0 Å². The summed E-state index contributed by atoms with van der Waals surface area (Å²) in [5, 5.41) is 4.12. The van der Waals surface area contributed by atoms with Crippen LogP contribution in [0.1, 0.15) is 0 Å². The molecule has 2 rings (SSSR count). The second-order valence-electron chi connectivity index (χ2n) is 2.49. The third-order valence-electron chi connectivity index (χ3n) is 1.51. The minimum atomic E-state index is 0.0716. The first kappa shape index (κ1) is 10.6. The summed E-state index contributed by atoms with van der Waals surface area (Å²) in [5.74, 6) is 0.328. The molecule has 2 aromatic rings. The molecule has 0 aliphatic heterocycles. The van der Waals surface area contributed by atoms with Gasteiger partial charge in [-0.1, -0.05) is 0 Å². The van der Waals surface area contributed by atoms with E-state index >= 15 is 0 Å². The van der Waals surface area contributed by atoms with Gasteiger partial charge in [-0.15, -0.1) is 0 Å². The molecule has 0 saturated carbocycles. The summed E-state index contributed by atoms with van der Waals surface area (Å²) in [6.07, 6.45) is 3.45. The summed E-state index contributed by atoms with van der Waals surface area (Å²) in [6.45, 7) is 0. The van der Waals surface area contributed by atoms with E-state index in [2.05, 4.69) is 42.6 Å². The number of ether oxygens (including phenoxy) is 1. The molecule has 0 unspecified atom stereocenters. The molecular formula is C7H5ClIN5O. The maximum atomic E-state index is 5.70. The Morgan fingerprint density at radius 1 is 1.40 bits per heavy atom. The fourth-order valence-electron chi connectivity index (χ4n) is 0.926. The molecule has 0 amide bonds. The van der Waals surface area contributed by atoms with Crippen molar-refractivity contribution >= 4 is 34.2 Å². The molecule has 0 spiro atoms. The second-order valence-corrected chi connectivity index (χ2v) is 4.08. The highest BCUT2D eigenvalue weighted by Gasteiger charge is 2.07. The van der Waals surface area contributed by atoms with E-state index in [1.165, 1.54) is 11.8 Å². The summed E-state index contributed by atoms with van der Waals surface area (Å²) < 4.78 is 7.35. The predicted octanol–water partition coefficient (Wildman–Crippen LogP) is 1.32. The van der Waals surface area contributed by atoms with E-state index in [1.807, 2.05) is 0 Å². The monoisotopic (exact) mass is 337 g/mol. The van der Waals surface area contributed by atoms with Crippen LogP contribution in [0.5, 0.6) is 6.01 Å². The fraction of sp³-hybridized carbons (Fsp3) is 0.143. The Morgan fingerprint density at radius 3 is 2.80 bits per heavy atom. The van der Waals surface area contributed by atoms with Crippen molar-refractivity contribution in [1.82, 2.24) is 24.7 Å². The number of hydrogen-bond donors (Lipinski definition) is 0. The molecule has 0 radical (unpaired) electrons. The highest BCUT2D eigenvalue weighted by atomic mass is 127. The van der Waals surface area contributed by atoms with E-state index in [0.717, 1.165) is 3.57 Å². The molecule has 2 heterocycles. The van der Waals surface area contributed by atoms with Crippen molar-refractivity contribution in [2.24, 2.45) is 0 Å². The van der Waals surface area contributed by atoms with Crippen LogP contribution in [0.15, 0.2) is 12.4 Å². The topological polar surface area (TPSA) is 65.7 Å². The second kappa shape index (κ2) is 4.27. The van der Waals surface area contributed by atoms with E-state index in [-0.39, 0.29) is 11.3 Å². The van der Waals surface area contributed by atoms with Gasteiger partial charge in [-0.25, -0.2) is 4.68 Å². The van der Waals surface area contributed by atoms with Crippen LogP contribution >= 0.6 is 34.2 Å². The number of halogens is 2. The van der Waals surface area contributed by atoms with Gasteiger partial charge in [0, 0.05) is 6.20 Å². The van der Waals surface area contributed by atoms with Gasteiger partial charge < -0.3 is 4.74 Å². The van der Waals surface area contributed by atoms with Crippen LogP contribution in [0.3, 0.4) is 0 Å². The summed E-state index contributed by atoms with van der Waals surface area (Å²) in [5.41, 5.74) is 0. The maximum Gasteiger partial charge on any atom is 0.322 e. The van der Waals surface area contributed by atoms with Crippen molar-refractivity contribution in [2.45, 2.75) is 0 Å². The lowest BCUT2D eigenvalue weighted by Crippen LogP contribution is -2.05. The summed E-state index contributed by atoms with van der Waals surface area (Å²) >= 11 is 7.84. The van der Waals surface area contributed by atoms with Gasteiger partial charge in [-0.2, -0.15) is 20.1 Å². The van der Waals surface area contributed by atoms with Crippen molar-refractivity contribution in [3.05, 3.63) is 21.2 Å². The minimum absolute atomic E-state index is 0.0716. The molecule has 0 aromatic carbocycles. The molecule has 0 bridgehead atoms. The van der Waals surface area contributed by atoms with Crippen molar-refractivity contribution in [3.63, 3.8) is 0 Å². The maximum absolute atomic E-state index is 5.70. The molecule has 2 aromatic heterocycles. The smallest absolute Gasteiger partial charge is 0.322 e. The number of methoxy groups -OCH3 is 1. The predicted molar refractivity (Wildman–Crippen MR) is 61.2 cm³/mol. The highest BCUT2D eigenvalue weighted by molar-refractivity contribution is 14.1. The first-order valence-electron chi connectivity index (χ1n) is 3.85. The molecule has 15 heavy (non-hydrogen) atoms. The number of hydrogen-bond acceptors (Lipinski definition) is 5. The Hall–Kier alpha value is -0.960. The van der Waals surface area contributed by atoms with Crippen LogP contribution < -0.4 is 4.74 Å². The van der Waals surface area contributed by atoms with Crippen LogP contribution in [0.25, 0.3) is 5.95 Å². The van der Waals surface area contributed by atoms with Crippen LogP contribution in [-0.4, -0.2) is 31.8 Å². The lowest BCUT2D eigenvalue weighted by molar-refractivity contribution is 0.376. The van der Waals surface area contributed by atoms with Gasteiger partial charge >= 0.3 is 6.01 Å². The SMILES string of the molecule is COc1nc(Cl)nc(-n2cc(I)cn2)n1. The highest BCUT2D eigenvalue weighted by Crippen LogP contribution is 2.11. The number of nitrogens with zero attached hydrogens (tertiary/aromatic N) is 5. The van der Waals surface area contributed by atoms with Crippen molar-refractivity contribution in [1.29, 1.82) is 0 Å². The Bertz CT molecular complexity index is 488. The molecule has 0 atom stereocenters. The third kappa shape index (κ3) is 2.34. The zero-order valence-electron chi connectivity index (χ0n) is 7.55. The molecule has 0 aliphatic carbocycles. The van der Waals surface area contributed by atoms with Crippen LogP contribution in [-0.2, 0) is 0 Å². The Labute approximate surface area is 104 Å². The Balaban J connectivity index is 2.48. The van der Waals surface area contributed by atoms with Gasteiger partial charge in [0.25, 0.3) is 5.95 Å². The van der Waals surface area contributed by atoms with E-state index in [4.69, 9.17) is 16.3 Å². The largest absolute Gasteiger partial charge is 0.467 e. The van der Waals surface area contributed by atoms with E-state index in [1.54, 1.807) is 12.4 Å². The molecular weight excluding hydrogens is 332 g/mol. The molecule has 6 nitrogen and oxygen atoms in total. The van der Waals surface area contributed by atoms with Crippen LogP contribution in [0, 0.1) is 3.57 Å². The molecule has 0 fully saturated rings. The van der Waals surface area contributed by atoms with Crippen LogP contribution in [0.4, 0.5) is 0 Å². The van der Waals surface area contributed by atoms with Gasteiger partial charge in [0.1, 0.15) is 0 Å². The van der Waals surface area contributed by atoms with Gasteiger partial charge in [-0.05, 0) is 34.2 Å². The van der Waals surface area contributed by atoms with Crippen LogP contribution in [0.2, 0.25) is 5.28 Å². The summed E-state index contributed by atoms with van der Waals surface area (Å²) in [6, 6.07) is 0.163. The first-order chi connectivity index (χ1) is 7.19. The molecule has 0 aliphatic rings. The lowest BCUT2D eigenvalue weighted by Gasteiger charge is -2.01. The van der Waals surface area contributed by atoms with Gasteiger partial charge in [0.2, 0.25) is 5.28 Å². The quantitative estimate of drug-likeness (QED) is 0.774. The normalized spacial score (nSPS) is 10.3. The fourth-order valence-corrected chi connectivity index (χ4v) is 1.46. The minimum Gasteiger partial charge on any atom is -0.467 e. The number of rotatable bonds is 2. The van der Waals surface area contributed by atoms with Gasteiger partial charge in [0.15, 0.2) is 0 Å². The summed E-state index contributed by atoms with van der Waals surface area (Å²) in [7, 11) is 1.46. The zero-order chi connectivity index (χ0) is 10.8. The summed E-state index contributed by atoms with van der Waals surface area (Å²) in [4.78, 5) is 11.7. The Morgan fingerprint density at radius 2 is 2.20 bits per heavy atom. The average molecular weight is 338 g/mol. The standard InChI is InChI=1S/C7H5ClIN5O/c1-15-7-12-5(8)11-6(13-7)14-3-4(9)2-10-14/h2-3H,1H3. The zero-order valence-corrected chi connectivity index (χ0v) is 10.5. The molecule has 0 N–H and O–H groups in total. The van der Waals surface area contributed by atoms with Crippen molar-refractivity contribution in [2.75, 3.05) is 7.11 Å². The van der Waals surface area contributed by atoms with Crippen molar-refractivity contribution < 1.29 is 4.74 Å².